The Hall–Kier alpha value is -1.77. The fourth-order valence-electron chi connectivity index (χ4n) is 3.27. The molecule has 1 aliphatic heterocycles. The molecule has 136 valence electrons. The number of fused-ring (bicyclic) bond motifs is 1. The average molecular weight is 346 g/mol. The third-order valence-electron chi connectivity index (χ3n) is 4.80. The van der Waals surface area contributed by atoms with Crippen molar-refractivity contribution in [1.29, 1.82) is 0 Å². The van der Waals surface area contributed by atoms with E-state index >= 15 is 0 Å². The Balaban J connectivity index is 1.32. The Morgan fingerprint density at radius 1 is 1.32 bits per heavy atom. The van der Waals surface area contributed by atoms with Crippen LogP contribution < -0.4 is 0 Å². The van der Waals surface area contributed by atoms with Gasteiger partial charge in [-0.1, -0.05) is 5.16 Å². The fraction of sp³-hybridized carbons (Fsp3) is 0.706. The smallest absolute Gasteiger partial charge is 0.240 e. The summed E-state index contributed by atoms with van der Waals surface area (Å²) in [5, 5.41) is 8.82. The molecule has 0 N–H and O–H groups in total. The molecular weight excluding hydrogens is 320 g/mol. The second kappa shape index (κ2) is 7.23. The first-order valence-corrected chi connectivity index (χ1v) is 8.99. The number of nitrogens with zero attached hydrogens (tertiary/aromatic N) is 6. The van der Waals surface area contributed by atoms with Crippen LogP contribution in [0.2, 0.25) is 0 Å². The molecule has 1 fully saturated rings. The number of hydrogen-bond acceptors (Lipinski definition) is 7. The number of ether oxygens (including phenoxy) is 1. The molecule has 0 spiro atoms. The lowest BCUT2D eigenvalue weighted by Crippen LogP contribution is -2.35. The van der Waals surface area contributed by atoms with E-state index < -0.39 is 0 Å². The van der Waals surface area contributed by atoms with Gasteiger partial charge in [-0.3, -0.25) is 14.5 Å². The second-order valence-electron chi connectivity index (χ2n) is 7.11. The summed E-state index contributed by atoms with van der Waals surface area (Å²) < 4.78 is 12.7. The van der Waals surface area contributed by atoms with E-state index in [2.05, 4.69) is 37.7 Å². The highest BCUT2D eigenvalue weighted by Gasteiger charge is 2.29. The summed E-state index contributed by atoms with van der Waals surface area (Å²) in [4.78, 5) is 9.07. The topological polar surface area (TPSA) is 72.5 Å². The molecule has 0 bridgehead atoms. The first-order chi connectivity index (χ1) is 12.2. The van der Waals surface area contributed by atoms with Crippen molar-refractivity contribution in [3.8, 4) is 0 Å². The van der Waals surface area contributed by atoms with Crippen molar-refractivity contribution in [3.05, 3.63) is 29.2 Å². The van der Waals surface area contributed by atoms with Crippen molar-refractivity contribution in [2.75, 3.05) is 33.9 Å². The molecule has 0 saturated heterocycles. The molecule has 2 aliphatic rings. The fourth-order valence-corrected chi connectivity index (χ4v) is 3.27. The zero-order valence-corrected chi connectivity index (χ0v) is 15.0. The molecule has 0 unspecified atom stereocenters. The van der Waals surface area contributed by atoms with Gasteiger partial charge in [-0.2, -0.15) is 10.1 Å². The van der Waals surface area contributed by atoms with Crippen molar-refractivity contribution in [3.63, 3.8) is 0 Å². The first-order valence-electron chi connectivity index (χ1n) is 8.99. The zero-order valence-electron chi connectivity index (χ0n) is 15.0. The van der Waals surface area contributed by atoms with Gasteiger partial charge in [0, 0.05) is 39.2 Å². The Morgan fingerprint density at radius 3 is 3.00 bits per heavy atom. The van der Waals surface area contributed by atoms with Gasteiger partial charge in [-0.05, 0) is 26.0 Å². The Morgan fingerprint density at radius 2 is 2.20 bits per heavy atom. The molecule has 0 atom stereocenters. The molecule has 8 heteroatoms. The molecule has 2 aromatic rings. The Kier molecular flexibility index (Phi) is 4.82. The highest BCUT2D eigenvalue weighted by atomic mass is 16.5. The summed E-state index contributed by atoms with van der Waals surface area (Å²) in [5.74, 6) is 2.10. The van der Waals surface area contributed by atoms with E-state index in [1.165, 1.54) is 18.5 Å². The van der Waals surface area contributed by atoms with Gasteiger partial charge in [0.1, 0.15) is 0 Å². The number of aromatic nitrogens is 4. The molecule has 4 rings (SSSR count). The van der Waals surface area contributed by atoms with Crippen LogP contribution in [0.5, 0.6) is 0 Å². The van der Waals surface area contributed by atoms with E-state index in [-0.39, 0.29) is 0 Å². The maximum Gasteiger partial charge on any atom is 0.240 e. The van der Waals surface area contributed by atoms with E-state index in [1.54, 1.807) is 7.11 Å². The minimum atomic E-state index is 0.531. The third-order valence-corrected chi connectivity index (χ3v) is 4.80. The van der Waals surface area contributed by atoms with Gasteiger partial charge in [0.25, 0.3) is 0 Å². The van der Waals surface area contributed by atoms with Gasteiger partial charge in [0.15, 0.2) is 5.82 Å². The summed E-state index contributed by atoms with van der Waals surface area (Å²) in [5.41, 5.74) is 2.37. The molecule has 1 saturated carbocycles. The zero-order chi connectivity index (χ0) is 17.2. The molecule has 3 heterocycles. The maximum absolute atomic E-state index is 5.36. The van der Waals surface area contributed by atoms with Crippen molar-refractivity contribution in [2.45, 2.75) is 44.9 Å². The molecule has 0 radical (unpaired) electrons. The van der Waals surface area contributed by atoms with Crippen LogP contribution in [-0.4, -0.2) is 63.6 Å². The van der Waals surface area contributed by atoms with Crippen LogP contribution in [-0.2, 0) is 30.9 Å². The molecule has 0 aromatic carbocycles. The predicted octanol–water partition coefficient (Wildman–Crippen LogP) is 1.24. The molecule has 1 aliphatic carbocycles. The molecule has 8 nitrogen and oxygen atoms in total. The van der Waals surface area contributed by atoms with Gasteiger partial charge < -0.3 is 9.26 Å². The first kappa shape index (κ1) is 16.7. The van der Waals surface area contributed by atoms with Crippen molar-refractivity contribution in [1.82, 2.24) is 29.7 Å². The Bertz CT molecular complexity index is 708. The van der Waals surface area contributed by atoms with Gasteiger partial charge in [-0.15, -0.1) is 0 Å². The molecule has 0 amide bonds. The van der Waals surface area contributed by atoms with Crippen LogP contribution in [0.4, 0.5) is 0 Å². The van der Waals surface area contributed by atoms with Crippen LogP contribution in [0.3, 0.4) is 0 Å². The van der Waals surface area contributed by atoms with Crippen molar-refractivity contribution < 1.29 is 9.26 Å². The number of hydrogen-bond donors (Lipinski definition) is 0. The van der Waals surface area contributed by atoms with Crippen LogP contribution in [0, 0.1) is 0 Å². The lowest BCUT2D eigenvalue weighted by atomic mass is 10.2. The summed E-state index contributed by atoms with van der Waals surface area (Å²) in [6.07, 6.45) is 2.38. The van der Waals surface area contributed by atoms with Crippen LogP contribution in [0.1, 0.15) is 41.9 Å². The van der Waals surface area contributed by atoms with E-state index in [9.17, 15) is 0 Å². The van der Waals surface area contributed by atoms with E-state index in [1.807, 2.05) is 0 Å². The van der Waals surface area contributed by atoms with Gasteiger partial charge in [0.05, 0.1) is 31.1 Å². The SMILES string of the molecule is COCCN1CCn2nc(CN(C)Cc3nc(C4CC4)no3)cc2C1. The lowest BCUT2D eigenvalue weighted by Gasteiger charge is -2.26. The molecule has 2 aromatic heterocycles. The lowest BCUT2D eigenvalue weighted by molar-refractivity contribution is 0.129. The minimum Gasteiger partial charge on any atom is -0.383 e. The average Bonchev–Trinajstić information content (AvgIpc) is 3.22. The van der Waals surface area contributed by atoms with Crippen molar-refractivity contribution >= 4 is 0 Å². The highest BCUT2D eigenvalue weighted by molar-refractivity contribution is 5.12. The van der Waals surface area contributed by atoms with Crippen molar-refractivity contribution in [2.24, 2.45) is 0 Å². The third kappa shape index (κ3) is 4.08. The predicted molar refractivity (Wildman–Crippen MR) is 90.8 cm³/mol. The van der Waals surface area contributed by atoms with E-state index in [0.29, 0.717) is 18.4 Å². The van der Waals surface area contributed by atoms with Crippen LogP contribution in [0.25, 0.3) is 0 Å². The van der Waals surface area contributed by atoms with Gasteiger partial charge in [0.2, 0.25) is 5.89 Å². The Labute approximate surface area is 147 Å². The maximum atomic E-state index is 5.36. The van der Waals surface area contributed by atoms with Gasteiger partial charge >= 0.3 is 0 Å². The van der Waals surface area contributed by atoms with E-state index in [4.69, 9.17) is 14.4 Å². The second-order valence-corrected chi connectivity index (χ2v) is 7.11. The minimum absolute atomic E-state index is 0.531. The normalized spacial score (nSPS) is 18.0. The van der Waals surface area contributed by atoms with Crippen LogP contribution >= 0.6 is 0 Å². The largest absolute Gasteiger partial charge is 0.383 e. The quantitative estimate of drug-likeness (QED) is 0.712. The summed E-state index contributed by atoms with van der Waals surface area (Å²) in [6, 6.07) is 2.21. The standard InChI is InChI=1S/C17H26N6O2/c1-21(12-16-18-17(20-25-16)13-3-4-13)10-14-9-15-11-22(7-8-24-2)5-6-23(15)19-14/h9,13H,3-8,10-12H2,1-2H3. The monoisotopic (exact) mass is 346 g/mol. The molecular formula is C17H26N6O2. The summed E-state index contributed by atoms with van der Waals surface area (Å²) in [7, 11) is 3.81. The number of rotatable bonds is 8. The van der Waals surface area contributed by atoms with Crippen LogP contribution in [0.15, 0.2) is 10.6 Å². The molecule has 25 heavy (non-hydrogen) atoms. The summed E-state index contributed by atoms with van der Waals surface area (Å²) >= 11 is 0. The summed E-state index contributed by atoms with van der Waals surface area (Å²) in [6.45, 7) is 6.08. The van der Waals surface area contributed by atoms with Gasteiger partial charge in [-0.25, -0.2) is 0 Å². The highest BCUT2D eigenvalue weighted by Crippen LogP contribution is 2.38. The van der Waals surface area contributed by atoms with E-state index in [0.717, 1.165) is 50.8 Å². The number of methoxy groups -OCH3 is 1.